The van der Waals surface area contributed by atoms with Crippen LogP contribution in [0.15, 0.2) is 16.6 Å². The largest absolute Gasteiger partial charge is 0.486 e. The predicted octanol–water partition coefficient (Wildman–Crippen LogP) is 2.70. The number of urea groups is 1. The van der Waals surface area contributed by atoms with Gasteiger partial charge in [-0.1, -0.05) is 13.8 Å². The van der Waals surface area contributed by atoms with Gasteiger partial charge in [0.05, 0.1) is 18.4 Å². The van der Waals surface area contributed by atoms with Crippen molar-refractivity contribution >= 4 is 27.6 Å². The zero-order valence-electron chi connectivity index (χ0n) is 15.2. The number of rotatable bonds is 5. The Morgan fingerprint density at radius 3 is 2.73 bits per heavy atom. The Kier molecular flexibility index (Phi) is 6.61. The molecule has 0 radical (unpaired) electrons. The highest BCUT2D eigenvalue weighted by atomic mass is 79.9. The second kappa shape index (κ2) is 8.92. The van der Waals surface area contributed by atoms with Crippen LogP contribution in [0.1, 0.15) is 13.8 Å². The number of carbonyl (C=O) groups is 1. The van der Waals surface area contributed by atoms with Crippen LogP contribution in [0.4, 0.5) is 10.5 Å². The summed E-state index contributed by atoms with van der Waals surface area (Å²) in [6.45, 7) is 9.47. The van der Waals surface area contributed by atoms with E-state index in [9.17, 15) is 4.79 Å². The molecular formula is C18H26BrN3O4. The zero-order chi connectivity index (χ0) is 18.5. The molecular weight excluding hydrogens is 402 g/mol. The minimum Gasteiger partial charge on any atom is -0.486 e. The molecule has 8 heteroatoms. The van der Waals surface area contributed by atoms with Crippen molar-refractivity contribution in [1.29, 1.82) is 0 Å². The van der Waals surface area contributed by atoms with Gasteiger partial charge >= 0.3 is 6.03 Å². The van der Waals surface area contributed by atoms with Gasteiger partial charge in [-0.3, -0.25) is 4.90 Å². The molecule has 1 aromatic carbocycles. The van der Waals surface area contributed by atoms with Crippen LogP contribution in [-0.2, 0) is 4.74 Å². The summed E-state index contributed by atoms with van der Waals surface area (Å²) in [5, 5.41) is 5.73. The maximum Gasteiger partial charge on any atom is 0.319 e. The number of nitrogens with zero attached hydrogens (tertiary/aromatic N) is 1. The maximum atomic E-state index is 12.3. The average Bonchev–Trinajstić information content (AvgIpc) is 2.60. The fourth-order valence-corrected chi connectivity index (χ4v) is 3.54. The molecule has 0 spiro atoms. The fraction of sp³-hybridized carbons (Fsp3) is 0.611. The van der Waals surface area contributed by atoms with Crippen LogP contribution < -0.4 is 20.1 Å². The Bertz CT molecular complexity index is 641. The summed E-state index contributed by atoms with van der Waals surface area (Å²) in [5.41, 5.74) is 0.637. The number of hydrogen-bond acceptors (Lipinski definition) is 5. The Labute approximate surface area is 162 Å². The van der Waals surface area contributed by atoms with E-state index in [0.717, 1.165) is 24.1 Å². The molecule has 7 nitrogen and oxygen atoms in total. The summed E-state index contributed by atoms with van der Waals surface area (Å²) in [4.78, 5) is 14.6. The van der Waals surface area contributed by atoms with Gasteiger partial charge in [-0.15, -0.1) is 0 Å². The highest BCUT2D eigenvalue weighted by Gasteiger charge is 2.22. The predicted molar refractivity (Wildman–Crippen MR) is 103 cm³/mol. The summed E-state index contributed by atoms with van der Waals surface area (Å²) >= 11 is 3.45. The third-order valence-electron chi connectivity index (χ3n) is 4.22. The number of nitrogens with one attached hydrogen (secondary N) is 2. The van der Waals surface area contributed by atoms with Gasteiger partial charge in [-0.2, -0.15) is 0 Å². The third-order valence-corrected chi connectivity index (χ3v) is 4.87. The lowest BCUT2D eigenvalue weighted by molar-refractivity contribution is -0.0288. The van der Waals surface area contributed by atoms with Gasteiger partial charge in [0.1, 0.15) is 13.2 Å². The lowest BCUT2D eigenvalue weighted by atomic mass is 10.2. The molecule has 2 aliphatic rings. The molecule has 1 saturated heterocycles. The molecule has 3 rings (SSSR count). The highest BCUT2D eigenvalue weighted by molar-refractivity contribution is 9.10. The van der Waals surface area contributed by atoms with Gasteiger partial charge in [-0.05, 0) is 21.8 Å². The smallest absolute Gasteiger partial charge is 0.319 e. The van der Waals surface area contributed by atoms with E-state index in [-0.39, 0.29) is 12.1 Å². The average molecular weight is 428 g/mol. The van der Waals surface area contributed by atoms with E-state index in [4.69, 9.17) is 14.2 Å². The lowest BCUT2D eigenvalue weighted by Crippen LogP contribution is -2.48. The molecule has 1 fully saturated rings. The number of hydrogen-bond donors (Lipinski definition) is 2. The van der Waals surface area contributed by atoms with Crippen LogP contribution in [0.25, 0.3) is 0 Å². The topological polar surface area (TPSA) is 72.1 Å². The van der Waals surface area contributed by atoms with Crippen LogP contribution in [0, 0.1) is 5.92 Å². The molecule has 0 bridgehead atoms. The van der Waals surface area contributed by atoms with Gasteiger partial charge < -0.3 is 24.8 Å². The van der Waals surface area contributed by atoms with Crippen LogP contribution in [0.5, 0.6) is 11.5 Å². The van der Waals surface area contributed by atoms with E-state index in [0.29, 0.717) is 49.5 Å². The Morgan fingerprint density at radius 1 is 1.27 bits per heavy atom. The number of carbonyl (C=O) groups excluding carboxylic acids is 1. The molecule has 2 heterocycles. The third kappa shape index (κ3) is 5.25. The van der Waals surface area contributed by atoms with E-state index in [1.54, 1.807) is 12.1 Å². The van der Waals surface area contributed by atoms with E-state index < -0.39 is 0 Å². The van der Waals surface area contributed by atoms with E-state index >= 15 is 0 Å². The first-order valence-corrected chi connectivity index (χ1v) is 9.78. The van der Waals surface area contributed by atoms with Crippen molar-refractivity contribution in [3.63, 3.8) is 0 Å². The summed E-state index contributed by atoms with van der Waals surface area (Å²) in [5.74, 6) is 1.93. The van der Waals surface area contributed by atoms with Crippen molar-refractivity contribution in [2.45, 2.75) is 20.0 Å². The standard InChI is InChI=1S/C18H26BrN3O4/c1-12(2)10-22-3-4-24-13(11-22)9-20-18(23)21-15-8-17-16(7-14(15)19)25-5-6-26-17/h7-8,12-13H,3-6,9-11H2,1-2H3,(H2,20,21,23). The van der Waals surface area contributed by atoms with Gasteiger partial charge in [0.15, 0.2) is 11.5 Å². The molecule has 0 saturated carbocycles. The quantitative estimate of drug-likeness (QED) is 0.755. The van der Waals surface area contributed by atoms with Crippen molar-refractivity contribution in [2.24, 2.45) is 5.92 Å². The molecule has 26 heavy (non-hydrogen) atoms. The van der Waals surface area contributed by atoms with Gasteiger partial charge in [0.25, 0.3) is 0 Å². The number of halogens is 1. The number of ether oxygens (including phenoxy) is 3. The second-order valence-electron chi connectivity index (χ2n) is 6.96. The molecule has 144 valence electrons. The van der Waals surface area contributed by atoms with Crippen LogP contribution >= 0.6 is 15.9 Å². The summed E-state index contributed by atoms with van der Waals surface area (Å²) < 4.78 is 17.6. The first-order chi connectivity index (χ1) is 12.5. The fourth-order valence-electron chi connectivity index (χ4n) is 3.12. The van der Waals surface area contributed by atoms with Gasteiger partial charge in [0, 0.05) is 42.8 Å². The van der Waals surface area contributed by atoms with Crippen molar-refractivity contribution in [2.75, 3.05) is 51.3 Å². The maximum absolute atomic E-state index is 12.3. The summed E-state index contributed by atoms with van der Waals surface area (Å²) in [6, 6.07) is 3.30. The van der Waals surface area contributed by atoms with E-state index in [1.165, 1.54) is 0 Å². The lowest BCUT2D eigenvalue weighted by Gasteiger charge is -2.33. The minimum atomic E-state index is -0.271. The number of amides is 2. The molecule has 2 amide bonds. The van der Waals surface area contributed by atoms with E-state index in [2.05, 4.69) is 45.3 Å². The number of morpholine rings is 1. The van der Waals surface area contributed by atoms with Crippen LogP contribution in [-0.4, -0.2) is 63.0 Å². The monoisotopic (exact) mass is 427 g/mol. The molecule has 1 unspecified atom stereocenters. The summed E-state index contributed by atoms with van der Waals surface area (Å²) in [6.07, 6.45) is 0.0111. The van der Waals surface area contributed by atoms with Crippen molar-refractivity contribution in [3.05, 3.63) is 16.6 Å². The van der Waals surface area contributed by atoms with Gasteiger partial charge in [-0.25, -0.2) is 4.79 Å². The molecule has 2 N–H and O–H groups in total. The van der Waals surface area contributed by atoms with E-state index in [1.807, 2.05) is 0 Å². The van der Waals surface area contributed by atoms with Crippen LogP contribution in [0.2, 0.25) is 0 Å². The number of fused-ring (bicyclic) bond motifs is 1. The zero-order valence-corrected chi connectivity index (χ0v) is 16.8. The minimum absolute atomic E-state index is 0.0111. The Morgan fingerprint density at radius 2 is 2.00 bits per heavy atom. The summed E-state index contributed by atoms with van der Waals surface area (Å²) in [7, 11) is 0. The van der Waals surface area contributed by atoms with Crippen LogP contribution in [0.3, 0.4) is 0 Å². The number of benzene rings is 1. The molecule has 0 aliphatic carbocycles. The molecule has 1 atom stereocenters. The van der Waals surface area contributed by atoms with Crippen molar-refractivity contribution in [1.82, 2.24) is 10.2 Å². The molecule has 0 aromatic heterocycles. The molecule has 1 aromatic rings. The Balaban J connectivity index is 1.50. The van der Waals surface area contributed by atoms with Crippen molar-refractivity contribution < 1.29 is 19.0 Å². The van der Waals surface area contributed by atoms with Gasteiger partial charge in [0.2, 0.25) is 0 Å². The highest BCUT2D eigenvalue weighted by Crippen LogP contribution is 2.38. The normalized spacial score (nSPS) is 20.1. The first kappa shape index (κ1) is 19.3. The first-order valence-electron chi connectivity index (χ1n) is 8.99. The second-order valence-corrected chi connectivity index (χ2v) is 7.81. The van der Waals surface area contributed by atoms with Crippen molar-refractivity contribution in [3.8, 4) is 11.5 Å². The number of anilines is 1. The SMILES string of the molecule is CC(C)CN1CCOC(CNC(=O)Nc2cc3c(cc2Br)OCCO3)C1. The Hall–Kier alpha value is -1.51. The molecule has 2 aliphatic heterocycles.